The van der Waals surface area contributed by atoms with Gasteiger partial charge in [0.2, 0.25) is 11.8 Å². The molecule has 1 fully saturated rings. The van der Waals surface area contributed by atoms with Crippen molar-refractivity contribution in [2.45, 2.75) is 103 Å². The second-order valence-electron chi connectivity index (χ2n) is 8.50. The molecule has 0 aliphatic heterocycles. The molecule has 1 rings (SSSR count). The smallest absolute Gasteiger partial charge is 0.220 e. The minimum absolute atomic E-state index is 0.0162. The molecule has 5 nitrogen and oxygen atoms in total. The third-order valence-corrected chi connectivity index (χ3v) is 5.50. The van der Waals surface area contributed by atoms with Crippen molar-refractivity contribution < 1.29 is 14.3 Å². The number of nitrogens with one attached hydrogen (secondary N) is 2. The van der Waals surface area contributed by atoms with Gasteiger partial charge in [0.1, 0.15) is 0 Å². The summed E-state index contributed by atoms with van der Waals surface area (Å²) >= 11 is 0. The van der Waals surface area contributed by atoms with Gasteiger partial charge < -0.3 is 15.4 Å². The summed E-state index contributed by atoms with van der Waals surface area (Å²) in [7, 11) is 0. The number of carbonyl (C=O) groups is 2. The Bertz CT molecular complexity index is 416. The first kappa shape index (κ1) is 23.9. The molecule has 0 aromatic carbocycles. The van der Waals surface area contributed by atoms with Gasteiger partial charge in [-0.1, -0.05) is 44.9 Å². The molecule has 1 aliphatic rings. The number of amides is 2. The van der Waals surface area contributed by atoms with Gasteiger partial charge >= 0.3 is 0 Å². The minimum atomic E-state index is -0.226. The highest BCUT2D eigenvalue weighted by atomic mass is 16.5. The zero-order valence-corrected chi connectivity index (χ0v) is 17.9. The van der Waals surface area contributed by atoms with Crippen molar-refractivity contribution in [2.24, 2.45) is 5.92 Å². The molecule has 0 aromatic rings. The predicted molar refractivity (Wildman–Crippen MR) is 111 cm³/mol. The Morgan fingerprint density at radius 3 is 2.07 bits per heavy atom. The second-order valence-corrected chi connectivity index (χ2v) is 8.50. The van der Waals surface area contributed by atoms with Crippen molar-refractivity contribution in [3.8, 4) is 0 Å². The van der Waals surface area contributed by atoms with Crippen molar-refractivity contribution in [1.29, 1.82) is 0 Å². The number of hydrogen-bond acceptors (Lipinski definition) is 3. The van der Waals surface area contributed by atoms with Crippen LogP contribution in [0.25, 0.3) is 0 Å². The van der Waals surface area contributed by atoms with Crippen LogP contribution in [0.2, 0.25) is 0 Å². The minimum Gasteiger partial charge on any atom is -0.376 e. The van der Waals surface area contributed by atoms with Gasteiger partial charge in [-0.15, -0.1) is 0 Å². The highest BCUT2D eigenvalue weighted by Gasteiger charge is 2.17. The van der Waals surface area contributed by atoms with E-state index in [2.05, 4.69) is 10.6 Å². The lowest BCUT2D eigenvalue weighted by Gasteiger charge is -2.24. The SMILES string of the molecule is CCOC(C)(C)CCNC(=O)CCC(=O)NCCCC1CCCCCCC1. The van der Waals surface area contributed by atoms with Crippen LogP contribution < -0.4 is 10.6 Å². The van der Waals surface area contributed by atoms with Gasteiger partial charge in [0.25, 0.3) is 0 Å². The van der Waals surface area contributed by atoms with Gasteiger partial charge in [-0.05, 0) is 46.0 Å². The van der Waals surface area contributed by atoms with Crippen LogP contribution in [-0.2, 0) is 14.3 Å². The van der Waals surface area contributed by atoms with Crippen LogP contribution in [0.1, 0.15) is 97.8 Å². The van der Waals surface area contributed by atoms with Gasteiger partial charge in [-0.2, -0.15) is 0 Å². The Kier molecular flexibility index (Phi) is 12.4. The van der Waals surface area contributed by atoms with Gasteiger partial charge in [0.15, 0.2) is 0 Å². The highest BCUT2D eigenvalue weighted by molar-refractivity contribution is 5.83. The van der Waals surface area contributed by atoms with E-state index in [-0.39, 0.29) is 30.3 Å². The Labute approximate surface area is 166 Å². The number of carbonyl (C=O) groups excluding carboxylic acids is 2. The highest BCUT2D eigenvalue weighted by Crippen LogP contribution is 2.25. The lowest BCUT2D eigenvalue weighted by atomic mass is 9.88. The fourth-order valence-electron chi connectivity index (χ4n) is 3.82. The average molecular weight is 383 g/mol. The molecule has 2 amide bonds. The second kappa shape index (κ2) is 14.0. The normalized spacial score (nSPS) is 16.4. The van der Waals surface area contributed by atoms with Crippen LogP contribution in [0, 0.1) is 5.92 Å². The first-order valence-corrected chi connectivity index (χ1v) is 11.1. The third-order valence-electron chi connectivity index (χ3n) is 5.50. The van der Waals surface area contributed by atoms with Crippen molar-refractivity contribution in [3.63, 3.8) is 0 Å². The topological polar surface area (TPSA) is 67.4 Å². The Morgan fingerprint density at radius 1 is 0.926 bits per heavy atom. The van der Waals surface area contributed by atoms with Gasteiger partial charge in [0.05, 0.1) is 5.60 Å². The molecule has 0 radical (unpaired) electrons. The molecule has 27 heavy (non-hydrogen) atoms. The summed E-state index contributed by atoms with van der Waals surface area (Å²) in [5.74, 6) is 0.762. The van der Waals surface area contributed by atoms with Crippen LogP contribution >= 0.6 is 0 Å². The Morgan fingerprint density at radius 2 is 1.48 bits per heavy atom. The van der Waals surface area contributed by atoms with Crippen molar-refractivity contribution in [3.05, 3.63) is 0 Å². The van der Waals surface area contributed by atoms with Crippen LogP contribution in [0.5, 0.6) is 0 Å². The zero-order valence-electron chi connectivity index (χ0n) is 17.9. The standard InChI is InChI=1S/C22H42N2O3/c1-4-27-22(2,3)16-18-24-21(26)15-14-20(25)23-17-10-13-19-11-8-6-5-7-9-12-19/h19H,4-18H2,1-3H3,(H,23,25)(H,24,26). The molecule has 158 valence electrons. The van der Waals surface area contributed by atoms with E-state index < -0.39 is 0 Å². The van der Waals surface area contributed by atoms with Crippen molar-refractivity contribution >= 4 is 11.8 Å². The third kappa shape index (κ3) is 12.8. The maximum absolute atomic E-state index is 11.9. The van der Waals surface area contributed by atoms with Crippen LogP contribution in [0.3, 0.4) is 0 Å². The molecule has 0 heterocycles. The van der Waals surface area contributed by atoms with Gasteiger partial charge in [0, 0.05) is 32.5 Å². The molecule has 0 unspecified atom stereocenters. The van der Waals surface area contributed by atoms with E-state index in [1.807, 2.05) is 20.8 Å². The lowest BCUT2D eigenvalue weighted by Crippen LogP contribution is -2.33. The van der Waals surface area contributed by atoms with E-state index in [1.165, 1.54) is 51.4 Å². The number of rotatable bonds is 12. The van der Waals surface area contributed by atoms with E-state index in [1.54, 1.807) is 0 Å². The molecular formula is C22H42N2O3. The molecule has 2 N–H and O–H groups in total. The maximum atomic E-state index is 11.9. The van der Waals surface area contributed by atoms with E-state index in [0.717, 1.165) is 25.3 Å². The van der Waals surface area contributed by atoms with Gasteiger partial charge in [-0.3, -0.25) is 9.59 Å². The molecule has 1 aliphatic carbocycles. The monoisotopic (exact) mass is 382 g/mol. The van der Waals surface area contributed by atoms with E-state index >= 15 is 0 Å². The molecule has 0 saturated heterocycles. The Balaban J connectivity index is 2.03. The molecule has 5 heteroatoms. The van der Waals surface area contributed by atoms with Crippen LogP contribution in [-0.4, -0.2) is 37.1 Å². The lowest BCUT2D eigenvalue weighted by molar-refractivity contribution is -0.126. The van der Waals surface area contributed by atoms with E-state index in [0.29, 0.717) is 13.2 Å². The summed E-state index contributed by atoms with van der Waals surface area (Å²) in [6.07, 6.45) is 13.2. The molecule has 0 bridgehead atoms. The maximum Gasteiger partial charge on any atom is 0.220 e. The summed E-state index contributed by atoms with van der Waals surface area (Å²) in [6, 6.07) is 0. The van der Waals surface area contributed by atoms with Crippen molar-refractivity contribution in [1.82, 2.24) is 10.6 Å². The van der Waals surface area contributed by atoms with E-state index in [9.17, 15) is 9.59 Å². The summed E-state index contributed by atoms with van der Waals surface area (Å²) in [4.78, 5) is 23.8. The number of ether oxygens (including phenoxy) is 1. The summed E-state index contributed by atoms with van der Waals surface area (Å²) in [6.45, 7) is 7.99. The molecule has 1 saturated carbocycles. The molecule has 0 spiro atoms. The summed E-state index contributed by atoms with van der Waals surface area (Å²) < 4.78 is 5.61. The zero-order chi connectivity index (χ0) is 20.0. The van der Waals surface area contributed by atoms with Gasteiger partial charge in [-0.25, -0.2) is 0 Å². The summed E-state index contributed by atoms with van der Waals surface area (Å²) in [5, 5.41) is 5.84. The van der Waals surface area contributed by atoms with E-state index in [4.69, 9.17) is 4.74 Å². The molecule has 0 atom stereocenters. The largest absolute Gasteiger partial charge is 0.376 e. The van der Waals surface area contributed by atoms with Crippen LogP contribution in [0.4, 0.5) is 0 Å². The predicted octanol–water partition coefficient (Wildman–Crippen LogP) is 4.34. The molecule has 0 aromatic heterocycles. The summed E-state index contributed by atoms with van der Waals surface area (Å²) in [5.41, 5.74) is -0.226. The van der Waals surface area contributed by atoms with Crippen LogP contribution in [0.15, 0.2) is 0 Å². The quantitative estimate of drug-likeness (QED) is 0.493. The fourth-order valence-corrected chi connectivity index (χ4v) is 3.82. The first-order valence-electron chi connectivity index (χ1n) is 11.1. The van der Waals surface area contributed by atoms with Crippen molar-refractivity contribution in [2.75, 3.05) is 19.7 Å². The average Bonchev–Trinajstić information content (AvgIpc) is 2.58. The Hall–Kier alpha value is -1.10. The first-order chi connectivity index (χ1) is 12.9. The number of hydrogen-bond donors (Lipinski definition) is 2. The molecular weight excluding hydrogens is 340 g/mol. The fraction of sp³-hybridized carbons (Fsp3) is 0.909.